The second kappa shape index (κ2) is 8.89. The van der Waals surface area contributed by atoms with E-state index in [1.54, 1.807) is 28.9 Å². The topological polar surface area (TPSA) is 110 Å². The Morgan fingerprint density at radius 1 is 1.21 bits per heavy atom. The van der Waals surface area contributed by atoms with Gasteiger partial charge in [-0.3, -0.25) is 4.79 Å². The number of nitrogens with one attached hydrogen (secondary N) is 2. The highest BCUT2D eigenvalue weighted by atomic mass is 16.7. The van der Waals surface area contributed by atoms with Gasteiger partial charge in [0.15, 0.2) is 17.1 Å². The molecule has 1 aliphatic carbocycles. The SMILES string of the molecule is [B]c1cnn2c(NCCCNC(=O)c3ccc4c(c3)OCO4)cc(C3=C(O)CCC=C3)nc12. The van der Waals surface area contributed by atoms with E-state index in [9.17, 15) is 9.90 Å². The lowest BCUT2D eigenvalue weighted by Crippen LogP contribution is -2.26. The molecular formula is C23H22BN5O4. The normalized spacial score (nSPS) is 14.7. The number of anilines is 1. The highest BCUT2D eigenvalue weighted by Crippen LogP contribution is 2.32. The van der Waals surface area contributed by atoms with Crippen molar-refractivity contribution in [1.29, 1.82) is 0 Å². The first-order chi connectivity index (χ1) is 16.1. The molecule has 0 saturated carbocycles. The minimum absolute atomic E-state index is 0.172. The molecule has 1 aromatic carbocycles. The van der Waals surface area contributed by atoms with Crippen LogP contribution in [-0.2, 0) is 0 Å². The van der Waals surface area contributed by atoms with Crippen molar-refractivity contribution in [3.63, 3.8) is 0 Å². The molecule has 1 aliphatic heterocycles. The predicted octanol–water partition coefficient (Wildman–Crippen LogP) is 2.10. The van der Waals surface area contributed by atoms with Gasteiger partial charge in [-0.1, -0.05) is 12.2 Å². The zero-order valence-electron chi connectivity index (χ0n) is 17.9. The molecule has 3 heterocycles. The molecule has 0 spiro atoms. The van der Waals surface area contributed by atoms with Crippen LogP contribution in [-0.4, -0.2) is 53.3 Å². The summed E-state index contributed by atoms with van der Waals surface area (Å²) in [7, 11) is 6.04. The molecule has 5 rings (SSSR count). The molecule has 10 heteroatoms. The number of allylic oxidation sites excluding steroid dienone is 4. The third-order valence-corrected chi connectivity index (χ3v) is 5.50. The van der Waals surface area contributed by atoms with E-state index >= 15 is 0 Å². The number of hydrogen-bond acceptors (Lipinski definition) is 7. The van der Waals surface area contributed by atoms with Gasteiger partial charge in [-0.25, -0.2) is 4.98 Å². The van der Waals surface area contributed by atoms with Crippen molar-refractivity contribution in [1.82, 2.24) is 19.9 Å². The molecule has 3 aromatic rings. The number of nitrogens with zero attached hydrogens (tertiary/aromatic N) is 3. The highest BCUT2D eigenvalue weighted by molar-refractivity contribution is 6.36. The van der Waals surface area contributed by atoms with E-state index in [-0.39, 0.29) is 12.7 Å². The number of hydrogen-bond donors (Lipinski definition) is 3. The number of carbonyl (C=O) groups excluding carboxylic acids is 1. The first kappa shape index (κ1) is 20.9. The van der Waals surface area contributed by atoms with Crippen LogP contribution in [0.3, 0.4) is 0 Å². The summed E-state index contributed by atoms with van der Waals surface area (Å²) in [6.45, 7) is 1.24. The van der Waals surface area contributed by atoms with Crippen molar-refractivity contribution in [3.05, 3.63) is 59.6 Å². The average molecular weight is 443 g/mol. The van der Waals surface area contributed by atoms with Crippen molar-refractivity contribution >= 4 is 36.3 Å². The maximum Gasteiger partial charge on any atom is 0.251 e. The third-order valence-electron chi connectivity index (χ3n) is 5.50. The van der Waals surface area contributed by atoms with Crippen LogP contribution in [0.4, 0.5) is 5.82 Å². The number of fused-ring (bicyclic) bond motifs is 2. The van der Waals surface area contributed by atoms with Crippen molar-refractivity contribution in [2.24, 2.45) is 0 Å². The Kier molecular flexibility index (Phi) is 5.64. The van der Waals surface area contributed by atoms with E-state index < -0.39 is 0 Å². The third kappa shape index (κ3) is 4.24. The van der Waals surface area contributed by atoms with Crippen LogP contribution >= 0.6 is 0 Å². The van der Waals surface area contributed by atoms with Gasteiger partial charge in [0.05, 0.1) is 5.69 Å². The van der Waals surface area contributed by atoms with Gasteiger partial charge in [0, 0.05) is 42.9 Å². The number of aromatic nitrogens is 3. The summed E-state index contributed by atoms with van der Waals surface area (Å²) in [5, 5.41) is 20.8. The second-order valence-corrected chi connectivity index (χ2v) is 7.77. The molecular weight excluding hydrogens is 421 g/mol. The van der Waals surface area contributed by atoms with Crippen molar-refractivity contribution in [2.75, 3.05) is 25.2 Å². The van der Waals surface area contributed by atoms with Crippen LogP contribution in [0.25, 0.3) is 11.2 Å². The van der Waals surface area contributed by atoms with E-state index in [2.05, 4.69) is 20.7 Å². The lowest BCUT2D eigenvalue weighted by Gasteiger charge is -2.14. The Morgan fingerprint density at radius 3 is 2.97 bits per heavy atom. The maximum absolute atomic E-state index is 12.4. The number of benzene rings is 1. The fourth-order valence-electron chi connectivity index (χ4n) is 3.78. The lowest BCUT2D eigenvalue weighted by atomic mass is 9.99. The molecule has 2 radical (unpaired) electrons. The van der Waals surface area contributed by atoms with Gasteiger partial charge < -0.3 is 25.2 Å². The van der Waals surface area contributed by atoms with E-state index in [0.29, 0.717) is 76.9 Å². The Balaban J connectivity index is 1.22. The average Bonchev–Trinajstić information content (AvgIpc) is 3.45. The van der Waals surface area contributed by atoms with Crippen LogP contribution < -0.4 is 25.6 Å². The molecule has 0 fully saturated rings. The van der Waals surface area contributed by atoms with Gasteiger partial charge in [-0.2, -0.15) is 9.61 Å². The van der Waals surface area contributed by atoms with Gasteiger partial charge in [-0.05, 0) is 36.5 Å². The molecule has 0 bridgehead atoms. The summed E-state index contributed by atoms with van der Waals surface area (Å²) in [5.74, 6) is 2.06. The number of amides is 1. The molecule has 9 nitrogen and oxygen atoms in total. The Labute approximate surface area is 191 Å². The molecule has 33 heavy (non-hydrogen) atoms. The molecule has 3 N–H and O–H groups in total. The highest BCUT2D eigenvalue weighted by Gasteiger charge is 2.17. The van der Waals surface area contributed by atoms with E-state index in [1.165, 1.54) is 0 Å². The smallest absolute Gasteiger partial charge is 0.251 e. The van der Waals surface area contributed by atoms with Crippen molar-refractivity contribution in [2.45, 2.75) is 19.3 Å². The Bertz CT molecular complexity index is 1280. The summed E-state index contributed by atoms with van der Waals surface area (Å²) in [6.07, 6.45) is 7.50. The minimum Gasteiger partial charge on any atom is -0.512 e. The summed E-state index contributed by atoms with van der Waals surface area (Å²) in [5.41, 5.74) is 2.81. The zero-order chi connectivity index (χ0) is 22.8. The fraction of sp³-hybridized carbons (Fsp3) is 0.261. The van der Waals surface area contributed by atoms with Crippen LogP contribution in [0, 0.1) is 0 Å². The first-order valence-electron chi connectivity index (χ1n) is 10.7. The Hall–Kier alpha value is -3.95. The van der Waals surface area contributed by atoms with Gasteiger partial charge in [0.2, 0.25) is 6.79 Å². The maximum atomic E-state index is 12.4. The zero-order valence-corrected chi connectivity index (χ0v) is 17.9. The summed E-state index contributed by atoms with van der Waals surface area (Å²) in [4.78, 5) is 17.0. The number of ether oxygens (including phenoxy) is 2. The van der Waals surface area contributed by atoms with Crippen LogP contribution in [0.2, 0.25) is 0 Å². The summed E-state index contributed by atoms with van der Waals surface area (Å²) >= 11 is 0. The van der Waals surface area contributed by atoms with Gasteiger partial charge >= 0.3 is 0 Å². The monoisotopic (exact) mass is 443 g/mol. The lowest BCUT2D eigenvalue weighted by molar-refractivity contribution is 0.0953. The van der Waals surface area contributed by atoms with Crippen LogP contribution in [0.1, 0.15) is 35.3 Å². The molecule has 2 aromatic heterocycles. The number of aliphatic hydroxyl groups is 1. The van der Waals surface area contributed by atoms with Gasteiger partial charge in [-0.15, -0.1) is 0 Å². The van der Waals surface area contributed by atoms with Crippen LogP contribution in [0.5, 0.6) is 11.5 Å². The van der Waals surface area contributed by atoms with E-state index in [0.717, 1.165) is 6.42 Å². The molecule has 166 valence electrons. The first-order valence-corrected chi connectivity index (χ1v) is 10.7. The molecule has 0 unspecified atom stereocenters. The summed E-state index contributed by atoms with van der Waals surface area (Å²) in [6, 6.07) is 6.96. The number of carbonyl (C=O) groups is 1. The van der Waals surface area contributed by atoms with E-state index in [4.69, 9.17) is 17.3 Å². The van der Waals surface area contributed by atoms with Crippen LogP contribution in [0.15, 0.2) is 48.4 Å². The Morgan fingerprint density at radius 2 is 2.09 bits per heavy atom. The molecule has 1 amide bonds. The van der Waals surface area contributed by atoms with Crippen molar-refractivity contribution < 1.29 is 19.4 Å². The van der Waals surface area contributed by atoms with Crippen molar-refractivity contribution in [3.8, 4) is 11.5 Å². The largest absolute Gasteiger partial charge is 0.512 e. The molecule has 0 saturated heterocycles. The predicted molar refractivity (Wildman–Crippen MR) is 124 cm³/mol. The van der Waals surface area contributed by atoms with Gasteiger partial charge in [0.25, 0.3) is 5.91 Å². The number of aliphatic hydroxyl groups excluding tert-OH is 1. The van der Waals surface area contributed by atoms with E-state index in [1.807, 2.05) is 18.2 Å². The molecule has 2 aliphatic rings. The molecule has 0 atom stereocenters. The minimum atomic E-state index is -0.173. The standard InChI is InChI=1S/C23H22BN5O4/c24-16-12-27-29-21(11-17(28-22(16)29)15-4-1-2-5-18(15)30)25-8-3-9-26-23(31)14-6-7-19-20(10-14)33-13-32-19/h1,4,6-7,10-12,25,30H,2-3,5,8-9,13H2,(H,26,31). The second-order valence-electron chi connectivity index (χ2n) is 7.77. The quantitative estimate of drug-likeness (QED) is 0.379. The fourth-order valence-corrected chi connectivity index (χ4v) is 3.78. The van der Waals surface area contributed by atoms with Gasteiger partial charge in [0.1, 0.15) is 19.4 Å². The summed E-state index contributed by atoms with van der Waals surface area (Å²) < 4.78 is 12.2. The number of rotatable bonds is 7.